The maximum absolute atomic E-state index is 2.29. The van der Waals surface area contributed by atoms with Crippen molar-refractivity contribution in [3.05, 3.63) is 168 Å². The van der Waals surface area contributed by atoms with E-state index in [-0.39, 0.29) is 0 Å². The number of benzene rings is 2. The molecular formula is C34H24. The number of hydrogen-bond donors (Lipinski definition) is 0. The Morgan fingerprint density at radius 1 is 0.294 bits per heavy atom. The summed E-state index contributed by atoms with van der Waals surface area (Å²) in [6, 6.07) is 52.2. The van der Waals surface area contributed by atoms with Crippen molar-refractivity contribution in [2.45, 2.75) is 0 Å². The summed E-state index contributed by atoms with van der Waals surface area (Å²) in [5.41, 5.74) is 12.5. The van der Waals surface area contributed by atoms with Crippen molar-refractivity contribution in [3.63, 3.8) is 0 Å². The van der Waals surface area contributed by atoms with E-state index in [4.69, 9.17) is 0 Å². The molecule has 0 aliphatic heterocycles. The van der Waals surface area contributed by atoms with Gasteiger partial charge in [0.15, 0.2) is 0 Å². The maximum atomic E-state index is 2.29. The molecule has 0 heterocycles. The van der Waals surface area contributed by atoms with Crippen LogP contribution in [0.3, 0.4) is 0 Å². The molecule has 0 atom stereocenters. The summed E-state index contributed by atoms with van der Waals surface area (Å²) in [7, 11) is 0. The highest BCUT2D eigenvalue weighted by molar-refractivity contribution is 6.10. The minimum Gasteiger partial charge on any atom is -0.0622 e. The van der Waals surface area contributed by atoms with Gasteiger partial charge in [-0.1, -0.05) is 146 Å². The summed E-state index contributed by atoms with van der Waals surface area (Å²) in [6.07, 6.45) is 0. The molecule has 0 radical (unpaired) electrons. The van der Waals surface area contributed by atoms with Gasteiger partial charge in [0, 0.05) is 0 Å². The van der Waals surface area contributed by atoms with Crippen molar-refractivity contribution in [1.82, 2.24) is 0 Å². The Morgan fingerprint density at radius 2 is 0.676 bits per heavy atom. The Balaban J connectivity index is 1.76. The maximum Gasteiger partial charge on any atom is -0.00143 e. The first kappa shape index (κ1) is 20.2. The highest BCUT2D eigenvalue weighted by Gasteiger charge is 2.23. The quantitative estimate of drug-likeness (QED) is 0.261. The van der Waals surface area contributed by atoms with Crippen molar-refractivity contribution in [2.75, 3.05) is 0 Å². The lowest BCUT2D eigenvalue weighted by Gasteiger charge is -2.18. The Hall–Kier alpha value is -4.42. The second-order valence-electron chi connectivity index (χ2n) is 8.54. The largest absolute Gasteiger partial charge is 0.0622 e. The Labute approximate surface area is 201 Å². The van der Waals surface area contributed by atoms with E-state index in [9.17, 15) is 0 Å². The summed E-state index contributed by atoms with van der Waals surface area (Å²) < 4.78 is 0. The van der Waals surface area contributed by atoms with Crippen LogP contribution < -0.4 is 0 Å². The SMILES string of the molecule is c1ccc(C(=C(c2ccc3cccccc2-3)c2ccc3cccccc2-3)c2ccccc2)cc1. The topological polar surface area (TPSA) is 0 Å². The van der Waals surface area contributed by atoms with Crippen LogP contribution in [0.15, 0.2) is 146 Å². The van der Waals surface area contributed by atoms with Crippen LogP contribution in [0.25, 0.3) is 33.4 Å². The molecule has 0 N–H and O–H groups in total. The first-order valence-electron chi connectivity index (χ1n) is 11.7. The average Bonchev–Trinajstić information content (AvgIpc) is 3.27. The molecule has 2 aromatic rings. The molecule has 0 heteroatoms. The lowest BCUT2D eigenvalue weighted by Crippen LogP contribution is -1.97. The molecule has 0 aromatic heterocycles. The molecule has 160 valence electrons. The van der Waals surface area contributed by atoms with Crippen LogP contribution in [0, 0.1) is 0 Å². The van der Waals surface area contributed by atoms with E-state index in [1.54, 1.807) is 0 Å². The molecule has 0 nitrogen and oxygen atoms in total. The molecule has 34 heavy (non-hydrogen) atoms. The van der Waals surface area contributed by atoms with Gasteiger partial charge in [-0.3, -0.25) is 0 Å². The zero-order chi connectivity index (χ0) is 22.7. The summed E-state index contributed by atoms with van der Waals surface area (Å²) in [5, 5.41) is 0. The van der Waals surface area contributed by atoms with Crippen LogP contribution in [0.4, 0.5) is 0 Å². The zero-order valence-corrected chi connectivity index (χ0v) is 18.9. The molecular weight excluding hydrogens is 408 g/mol. The molecule has 4 aliphatic rings. The van der Waals surface area contributed by atoms with Crippen molar-refractivity contribution < 1.29 is 0 Å². The molecule has 0 saturated carbocycles. The van der Waals surface area contributed by atoms with E-state index in [2.05, 4.69) is 146 Å². The smallest absolute Gasteiger partial charge is 0.00143 e. The van der Waals surface area contributed by atoms with E-state index in [1.807, 2.05) is 0 Å². The minimum absolute atomic E-state index is 1.22. The molecule has 0 saturated heterocycles. The Morgan fingerprint density at radius 3 is 1.12 bits per heavy atom. The summed E-state index contributed by atoms with van der Waals surface area (Å²) in [5.74, 6) is 0. The molecule has 0 fully saturated rings. The third-order valence-corrected chi connectivity index (χ3v) is 6.50. The summed E-state index contributed by atoms with van der Waals surface area (Å²) in [6.45, 7) is 0. The van der Waals surface area contributed by atoms with E-state index >= 15 is 0 Å². The Bertz CT molecular complexity index is 1410. The lowest BCUT2D eigenvalue weighted by molar-refractivity contribution is 1.53. The van der Waals surface area contributed by atoms with Crippen LogP contribution in [0.2, 0.25) is 0 Å². The number of hydrogen-bond acceptors (Lipinski definition) is 0. The first-order valence-corrected chi connectivity index (χ1v) is 11.7. The van der Waals surface area contributed by atoms with Gasteiger partial charge in [0.25, 0.3) is 0 Å². The van der Waals surface area contributed by atoms with Crippen LogP contribution in [0.1, 0.15) is 22.3 Å². The van der Waals surface area contributed by atoms with Gasteiger partial charge in [-0.25, -0.2) is 0 Å². The third kappa shape index (κ3) is 3.60. The van der Waals surface area contributed by atoms with Gasteiger partial charge in [-0.2, -0.15) is 0 Å². The second kappa shape index (κ2) is 8.84. The van der Waals surface area contributed by atoms with Crippen molar-refractivity contribution >= 4 is 11.1 Å². The molecule has 6 rings (SSSR count). The van der Waals surface area contributed by atoms with Gasteiger partial charge in [0.2, 0.25) is 0 Å². The lowest BCUT2D eigenvalue weighted by atomic mass is 9.84. The number of fused-ring (bicyclic) bond motifs is 2. The molecule has 0 spiro atoms. The standard InChI is InChI=1S/C34H24/c1-7-15-27(16-8-1)33(28-17-9-2-10-18-28)34(31-23-21-25-13-5-3-11-19-29(25)31)32-24-22-26-14-6-4-12-20-30(26)32/h1-24H. The van der Waals surface area contributed by atoms with Crippen molar-refractivity contribution in [1.29, 1.82) is 0 Å². The van der Waals surface area contributed by atoms with Gasteiger partial charge >= 0.3 is 0 Å². The average molecular weight is 433 g/mol. The van der Waals surface area contributed by atoms with Gasteiger partial charge < -0.3 is 0 Å². The van der Waals surface area contributed by atoms with Gasteiger partial charge in [-0.15, -0.1) is 0 Å². The van der Waals surface area contributed by atoms with Crippen LogP contribution >= 0.6 is 0 Å². The minimum atomic E-state index is 1.22. The molecule has 0 amide bonds. The molecule has 0 unspecified atom stereocenters. The number of rotatable bonds is 4. The van der Waals surface area contributed by atoms with Crippen LogP contribution in [-0.4, -0.2) is 0 Å². The van der Waals surface area contributed by atoms with Crippen molar-refractivity contribution in [2.24, 2.45) is 0 Å². The highest BCUT2D eigenvalue weighted by Crippen LogP contribution is 2.45. The van der Waals surface area contributed by atoms with E-state index in [1.165, 1.54) is 55.7 Å². The van der Waals surface area contributed by atoms with E-state index in [0.29, 0.717) is 0 Å². The first-order chi connectivity index (χ1) is 16.9. The molecule has 2 aromatic carbocycles. The predicted molar refractivity (Wildman–Crippen MR) is 144 cm³/mol. The molecule has 0 bridgehead atoms. The summed E-state index contributed by atoms with van der Waals surface area (Å²) >= 11 is 0. The van der Waals surface area contributed by atoms with E-state index in [0.717, 1.165) is 0 Å². The Kier molecular flexibility index (Phi) is 5.26. The van der Waals surface area contributed by atoms with Crippen LogP contribution in [0.5, 0.6) is 0 Å². The monoisotopic (exact) mass is 432 g/mol. The fraction of sp³-hybridized carbons (Fsp3) is 0. The van der Waals surface area contributed by atoms with Gasteiger partial charge in [0.1, 0.15) is 0 Å². The zero-order valence-electron chi connectivity index (χ0n) is 18.9. The van der Waals surface area contributed by atoms with Crippen LogP contribution in [-0.2, 0) is 0 Å². The normalized spacial score (nSPS) is 10.9. The van der Waals surface area contributed by atoms with E-state index < -0.39 is 0 Å². The molecule has 4 aliphatic carbocycles. The van der Waals surface area contributed by atoms with Gasteiger partial charge in [-0.05, 0) is 55.7 Å². The third-order valence-electron chi connectivity index (χ3n) is 6.50. The highest BCUT2D eigenvalue weighted by atomic mass is 14.3. The second-order valence-corrected chi connectivity index (χ2v) is 8.54. The predicted octanol–water partition coefficient (Wildman–Crippen LogP) is 8.90. The fourth-order valence-corrected chi connectivity index (χ4v) is 4.94. The summed E-state index contributed by atoms with van der Waals surface area (Å²) in [4.78, 5) is 0. The fourth-order valence-electron chi connectivity index (χ4n) is 4.94. The van der Waals surface area contributed by atoms with Crippen molar-refractivity contribution in [3.8, 4) is 22.3 Å². The van der Waals surface area contributed by atoms with Gasteiger partial charge in [0.05, 0.1) is 0 Å².